The summed E-state index contributed by atoms with van der Waals surface area (Å²) in [4.78, 5) is 18.8. The molecule has 0 atom stereocenters. The number of nitrogens with zero attached hydrogens (tertiary/aromatic N) is 4. The Morgan fingerprint density at radius 2 is 2.12 bits per heavy atom. The fourth-order valence-electron chi connectivity index (χ4n) is 3.12. The van der Waals surface area contributed by atoms with Gasteiger partial charge >= 0.3 is 0 Å². The number of fused-ring (bicyclic) bond motifs is 1. The molecule has 6 N–H and O–H groups in total. The van der Waals surface area contributed by atoms with Gasteiger partial charge in [0.2, 0.25) is 5.96 Å². The van der Waals surface area contributed by atoms with E-state index in [1.54, 1.807) is 31.3 Å². The first kappa shape index (κ1) is 17.7. The molecule has 0 unspecified atom stereocenters. The second kappa shape index (κ2) is 7.44. The fraction of sp³-hybridized carbons (Fsp3) is 0.353. The summed E-state index contributed by atoms with van der Waals surface area (Å²) < 4.78 is 0. The number of nitrogens with one attached hydrogen (secondary N) is 1. The van der Waals surface area contributed by atoms with E-state index in [1.807, 2.05) is 4.90 Å². The lowest BCUT2D eigenvalue weighted by atomic mass is 10.0. The molecule has 2 aromatic rings. The van der Waals surface area contributed by atoms with Gasteiger partial charge in [-0.05, 0) is 31.0 Å². The summed E-state index contributed by atoms with van der Waals surface area (Å²) in [6.45, 7) is 1.41. The van der Waals surface area contributed by atoms with Crippen molar-refractivity contribution < 1.29 is 9.90 Å². The number of aromatic hydroxyl groups is 1. The molecule has 9 heteroatoms. The van der Waals surface area contributed by atoms with Crippen molar-refractivity contribution in [3.63, 3.8) is 0 Å². The maximum Gasteiger partial charge on any atom is 0.253 e. The van der Waals surface area contributed by atoms with Gasteiger partial charge in [0.1, 0.15) is 5.75 Å². The largest absolute Gasteiger partial charge is 0.508 e. The molecule has 1 fully saturated rings. The summed E-state index contributed by atoms with van der Waals surface area (Å²) in [7, 11) is 1.69. The molecule has 1 aromatic carbocycles. The number of phenolic OH excluding ortho intramolecular Hbond substituents is 1. The Kier molecular flexibility index (Phi) is 5.08. The number of amides is 1. The van der Waals surface area contributed by atoms with Crippen molar-refractivity contribution in [2.45, 2.75) is 18.9 Å². The van der Waals surface area contributed by atoms with E-state index in [0.717, 1.165) is 18.2 Å². The molecule has 9 nitrogen and oxygen atoms in total. The molecule has 26 heavy (non-hydrogen) atoms. The third-order valence-electron chi connectivity index (χ3n) is 4.47. The van der Waals surface area contributed by atoms with E-state index in [9.17, 15) is 9.90 Å². The van der Waals surface area contributed by atoms with Crippen LogP contribution in [0, 0.1) is 0 Å². The van der Waals surface area contributed by atoms with Crippen molar-refractivity contribution in [1.29, 1.82) is 0 Å². The lowest BCUT2D eigenvalue weighted by Crippen LogP contribution is -2.52. The molecular weight excluding hydrogens is 334 g/mol. The van der Waals surface area contributed by atoms with Crippen molar-refractivity contribution in [2.24, 2.45) is 16.8 Å². The summed E-state index contributed by atoms with van der Waals surface area (Å²) in [5.74, 6) is 11.6. The molecule has 1 aliphatic rings. The first-order valence-corrected chi connectivity index (χ1v) is 8.39. The topological polar surface area (TPSA) is 133 Å². The average molecular weight is 357 g/mol. The smallest absolute Gasteiger partial charge is 0.253 e. The number of hydrazone groups is 1. The van der Waals surface area contributed by atoms with Gasteiger partial charge in [-0.3, -0.25) is 14.8 Å². The lowest BCUT2D eigenvalue weighted by Gasteiger charge is -2.35. The van der Waals surface area contributed by atoms with Gasteiger partial charge in [-0.25, -0.2) is 5.84 Å². The van der Waals surface area contributed by atoms with Crippen LogP contribution in [0.3, 0.4) is 0 Å². The van der Waals surface area contributed by atoms with E-state index in [1.165, 1.54) is 11.2 Å². The average Bonchev–Trinajstić information content (AvgIpc) is 2.63. The standard InChI is InChI=1S/C17H23N7O2/c1-23(19)17(22-18)24-6-4-13(5-7-24)21-16(26)12-8-11-2-3-14(25)9-15(11)20-10-12/h2-3,8-10,13,25H,4-7,18-19H2,1H3,(H,21,26)/b22-17+. The number of benzene rings is 1. The molecule has 0 radical (unpaired) electrons. The monoisotopic (exact) mass is 357 g/mol. The number of carbonyl (C=O) groups excluding carboxylic acids is 1. The SMILES string of the molecule is CN(N)/C(=N\N)N1CCC(NC(=O)c2cnc3cc(O)ccc3c2)CC1. The minimum absolute atomic E-state index is 0.0661. The zero-order valence-electron chi connectivity index (χ0n) is 14.6. The molecule has 1 saturated heterocycles. The molecule has 0 saturated carbocycles. The second-order valence-electron chi connectivity index (χ2n) is 6.38. The van der Waals surface area contributed by atoms with E-state index in [4.69, 9.17) is 11.7 Å². The van der Waals surface area contributed by atoms with Crippen LogP contribution in [0.15, 0.2) is 35.6 Å². The molecular formula is C17H23N7O2. The summed E-state index contributed by atoms with van der Waals surface area (Å²) in [5, 5.41) is 18.4. The zero-order valence-corrected chi connectivity index (χ0v) is 14.6. The Morgan fingerprint density at radius 3 is 2.77 bits per heavy atom. The summed E-state index contributed by atoms with van der Waals surface area (Å²) in [6, 6.07) is 6.72. The lowest BCUT2D eigenvalue weighted by molar-refractivity contribution is 0.0920. The molecule has 0 aliphatic carbocycles. The predicted molar refractivity (Wildman–Crippen MR) is 99.0 cm³/mol. The number of nitrogens with two attached hydrogens (primary N) is 2. The summed E-state index contributed by atoms with van der Waals surface area (Å²) >= 11 is 0. The third kappa shape index (κ3) is 3.77. The van der Waals surface area contributed by atoms with E-state index >= 15 is 0 Å². The first-order valence-electron chi connectivity index (χ1n) is 8.39. The molecule has 1 aliphatic heterocycles. The summed E-state index contributed by atoms with van der Waals surface area (Å²) in [6.07, 6.45) is 3.07. The van der Waals surface area contributed by atoms with Crippen molar-refractivity contribution in [1.82, 2.24) is 20.2 Å². The summed E-state index contributed by atoms with van der Waals surface area (Å²) in [5.41, 5.74) is 1.14. The van der Waals surface area contributed by atoms with Crippen molar-refractivity contribution in [2.75, 3.05) is 20.1 Å². The highest BCUT2D eigenvalue weighted by Gasteiger charge is 2.24. The van der Waals surface area contributed by atoms with Gasteiger partial charge in [0.15, 0.2) is 0 Å². The van der Waals surface area contributed by atoms with Crippen molar-refractivity contribution in [3.05, 3.63) is 36.0 Å². The molecule has 0 bridgehead atoms. The van der Waals surface area contributed by atoms with E-state index in [-0.39, 0.29) is 17.7 Å². The highest BCUT2D eigenvalue weighted by atomic mass is 16.3. The Labute approximate surface area is 151 Å². The number of hydrazine groups is 1. The fourth-order valence-corrected chi connectivity index (χ4v) is 3.12. The van der Waals surface area contributed by atoms with Gasteiger partial charge in [0.25, 0.3) is 5.91 Å². The number of guanidine groups is 1. The number of rotatable bonds is 2. The third-order valence-corrected chi connectivity index (χ3v) is 4.47. The highest BCUT2D eigenvalue weighted by molar-refractivity contribution is 5.97. The maximum absolute atomic E-state index is 12.5. The molecule has 0 spiro atoms. The van der Waals surface area contributed by atoms with Crippen LogP contribution >= 0.6 is 0 Å². The van der Waals surface area contributed by atoms with E-state index in [0.29, 0.717) is 30.1 Å². The highest BCUT2D eigenvalue weighted by Crippen LogP contribution is 2.19. The normalized spacial score (nSPS) is 15.9. The van der Waals surface area contributed by atoms with Crippen LogP contribution in [0.5, 0.6) is 5.75 Å². The van der Waals surface area contributed by atoms with Crippen LogP contribution in [-0.4, -0.2) is 58.0 Å². The maximum atomic E-state index is 12.5. The number of hydrogen-bond acceptors (Lipinski definition) is 6. The van der Waals surface area contributed by atoms with Gasteiger partial charge < -0.3 is 21.2 Å². The Bertz CT molecular complexity index is 829. The Morgan fingerprint density at radius 1 is 1.38 bits per heavy atom. The molecule has 3 rings (SSSR count). The zero-order chi connectivity index (χ0) is 18.7. The van der Waals surface area contributed by atoms with Gasteiger partial charge in [-0.2, -0.15) is 0 Å². The number of piperidine rings is 1. The van der Waals surface area contributed by atoms with Crippen LogP contribution < -0.4 is 17.0 Å². The number of phenols is 1. The van der Waals surface area contributed by atoms with Crippen molar-refractivity contribution >= 4 is 22.8 Å². The Balaban J connectivity index is 1.62. The number of hydrogen-bond donors (Lipinski definition) is 4. The van der Waals surface area contributed by atoms with E-state index < -0.39 is 0 Å². The van der Waals surface area contributed by atoms with Crippen LogP contribution in [0.4, 0.5) is 0 Å². The number of carbonyl (C=O) groups is 1. The van der Waals surface area contributed by atoms with Crippen LogP contribution in [0.1, 0.15) is 23.2 Å². The van der Waals surface area contributed by atoms with E-state index in [2.05, 4.69) is 15.4 Å². The Hall–Kier alpha value is -3.07. The van der Waals surface area contributed by atoms with Gasteiger partial charge in [0.05, 0.1) is 11.1 Å². The van der Waals surface area contributed by atoms with Gasteiger partial charge in [-0.15, -0.1) is 5.10 Å². The molecule has 138 valence electrons. The molecule has 1 aromatic heterocycles. The van der Waals surface area contributed by atoms with Crippen LogP contribution in [0.25, 0.3) is 10.9 Å². The minimum atomic E-state index is -0.158. The first-order chi connectivity index (χ1) is 12.5. The van der Waals surface area contributed by atoms with Crippen LogP contribution in [0.2, 0.25) is 0 Å². The van der Waals surface area contributed by atoms with Gasteiger partial charge in [-0.1, -0.05) is 0 Å². The minimum Gasteiger partial charge on any atom is -0.508 e. The predicted octanol–water partition coefficient (Wildman–Crippen LogP) is 0.170. The number of likely N-dealkylation sites (tertiary alicyclic amines) is 1. The molecule has 2 heterocycles. The second-order valence-corrected chi connectivity index (χ2v) is 6.38. The van der Waals surface area contributed by atoms with Crippen LogP contribution in [-0.2, 0) is 0 Å². The number of pyridine rings is 1. The van der Waals surface area contributed by atoms with Crippen molar-refractivity contribution in [3.8, 4) is 5.75 Å². The van der Waals surface area contributed by atoms with Gasteiger partial charge in [0, 0.05) is 43.8 Å². The number of aromatic nitrogens is 1. The molecule has 1 amide bonds. The quantitative estimate of drug-likeness (QED) is 0.261.